The van der Waals surface area contributed by atoms with Gasteiger partial charge in [-0.2, -0.15) is 0 Å². The molecule has 5 heteroatoms. The van der Waals surface area contributed by atoms with Gasteiger partial charge in [0.15, 0.2) is 0 Å². The van der Waals surface area contributed by atoms with Crippen molar-refractivity contribution >= 4 is 33.1 Å². The molecule has 3 N–H and O–H groups in total. The third kappa shape index (κ3) is 4.16. The molecule has 0 saturated carbocycles. The van der Waals surface area contributed by atoms with Gasteiger partial charge in [-0.15, -0.1) is 11.3 Å². The fraction of sp³-hybridized carbons (Fsp3) is 0.267. The summed E-state index contributed by atoms with van der Waals surface area (Å²) < 4.78 is 1.14. The molecule has 1 atom stereocenters. The fourth-order valence-electron chi connectivity index (χ4n) is 2.24. The van der Waals surface area contributed by atoms with E-state index in [0.29, 0.717) is 6.42 Å². The molecule has 20 heavy (non-hydrogen) atoms. The Labute approximate surface area is 132 Å². The first-order valence-corrected chi connectivity index (χ1v) is 8.04. The van der Waals surface area contributed by atoms with Crippen LogP contribution in [0.5, 0.6) is 0 Å². The summed E-state index contributed by atoms with van der Waals surface area (Å²) in [5.74, 6) is 0.220. The highest BCUT2D eigenvalue weighted by molar-refractivity contribution is 9.11. The third-order valence-electron chi connectivity index (χ3n) is 3.18. The van der Waals surface area contributed by atoms with Gasteiger partial charge in [-0.3, -0.25) is 10.3 Å². The molecule has 1 aromatic carbocycles. The van der Waals surface area contributed by atoms with E-state index in [0.717, 1.165) is 10.3 Å². The maximum Gasteiger partial charge on any atom is 0.0924 e. The van der Waals surface area contributed by atoms with Gasteiger partial charge < -0.3 is 5.73 Å². The van der Waals surface area contributed by atoms with E-state index >= 15 is 0 Å². The van der Waals surface area contributed by atoms with Crippen molar-refractivity contribution in [3.05, 3.63) is 56.7 Å². The van der Waals surface area contributed by atoms with Crippen LogP contribution in [0.2, 0.25) is 0 Å². The van der Waals surface area contributed by atoms with Crippen LogP contribution in [0.15, 0.2) is 45.6 Å². The first-order valence-electron chi connectivity index (χ1n) is 6.37. The molecule has 0 fully saturated rings. The molecule has 0 radical (unpaired) electrons. The van der Waals surface area contributed by atoms with Crippen LogP contribution in [0.25, 0.3) is 0 Å². The van der Waals surface area contributed by atoms with E-state index < -0.39 is 0 Å². The number of halogens is 1. The molecule has 3 nitrogen and oxygen atoms in total. The van der Waals surface area contributed by atoms with Crippen molar-refractivity contribution in [2.75, 3.05) is 7.05 Å². The topological polar surface area (TPSA) is 53.1 Å². The molecule has 2 rings (SSSR count). The van der Waals surface area contributed by atoms with E-state index in [4.69, 9.17) is 11.1 Å². The predicted octanol–water partition coefficient (Wildman–Crippen LogP) is 4.01. The molecule has 106 valence electrons. The normalized spacial score (nSPS) is 12.6. The average molecular weight is 352 g/mol. The zero-order valence-electron chi connectivity index (χ0n) is 11.3. The Morgan fingerprint density at radius 2 is 2.10 bits per heavy atom. The number of hydrogen-bond acceptors (Lipinski definition) is 3. The number of rotatable bonds is 6. The molecule has 0 aliphatic heterocycles. The Kier molecular flexibility index (Phi) is 5.34. The molecule has 1 aromatic heterocycles. The number of nitrogens with zero attached hydrogens (tertiary/aromatic N) is 1. The molecule has 0 amide bonds. The summed E-state index contributed by atoms with van der Waals surface area (Å²) in [6.07, 6.45) is 0.547. The summed E-state index contributed by atoms with van der Waals surface area (Å²) in [7, 11) is 2.08. The van der Waals surface area contributed by atoms with Gasteiger partial charge in [0, 0.05) is 19.0 Å². The van der Waals surface area contributed by atoms with Crippen molar-refractivity contribution in [2.45, 2.75) is 19.0 Å². The first kappa shape index (κ1) is 15.2. The van der Waals surface area contributed by atoms with Crippen LogP contribution < -0.4 is 5.73 Å². The van der Waals surface area contributed by atoms with E-state index in [-0.39, 0.29) is 11.9 Å². The lowest BCUT2D eigenvalue weighted by Gasteiger charge is -2.28. The minimum absolute atomic E-state index is 0.132. The lowest BCUT2D eigenvalue weighted by atomic mass is 10.0. The predicted molar refractivity (Wildman–Crippen MR) is 89.2 cm³/mol. The summed E-state index contributed by atoms with van der Waals surface area (Å²) >= 11 is 5.18. The molecule has 0 bridgehead atoms. The SMILES string of the molecule is CN(Cc1csc(Br)c1)C(CC(=N)N)c1ccccc1. The molecule has 0 aliphatic rings. The van der Waals surface area contributed by atoms with Crippen molar-refractivity contribution in [3.8, 4) is 0 Å². The van der Waals surface area contributed by atoms with Gasteiger partial charge in [-0.1, -0.05) is 30.3 Å². The molecule has 1 heterocycles. The van der Waals surface area contributed by atoms with Crippen molar-refractivity contribution in [3.63, 3.8) is 0 Å². The van der Waals surface area contributed by atoms with Crippen LogP contribution in [0.4, 0.5) is 0 Å². The van der Waals surface area contributed by atoms with Crippen LogP contribution in [0, 0.1) is 5.41 Å². The second-order valence-corrected chi connectivity index (χ2v) is 7.12. The van der Waals surface area contributed by atoms with E-state index in [2.05, 4.69) is 51.5 Å². The number of amidine groups is 1. The monoisotopic (exact) mass is 351 g/mol. The summed E-state index contributed by atoms with van der Waals surface area (Å²) in [6.45, 7) is 0.842. The smallest absolute Gasteiger partial charge is 0.0924 e. The zero-order chi connectivity index (χ0) is 14.5. The van der Waals surface area contributed by atoms with Gasteiger partial charge in [0.25, 0.3) is 0 Å². The number of nitrogens with one attached hydrogen (secondary N) is 1. The van der Waals surface area contributed by atoms with E-state index in [9.17, 15) is 0 Å². The van der Waals surface area contributed by atoms with E-state index in [1.807, 2.05) is 18.2 Å². The van der Waals surface area contributed by atoms with Crippen molar-refractivity contribution in [1.29, 1.82) is 5.41 Å². The summed E-state index contributed by atoms with van der Waals surface area (Å²) in [4.78, 5) is 2.24. The van der Waals surface area contributed by atoms with Crippen LogP contribution >= 0.6 is 27.3 Å². The lowest BCUT2D eigenvalue weighted by Crippen LogP contribution is -2.28. The van der Waals surface area contributed by atoms with Crippen LogP contribution in [-0.4, -0.2) is 17.8 Å². The van der Waals surface area contributed by atoms with Gasteiger partial charge in [-0.25, -0.2) is 0 Å². The lowest BCUT2D eigenvalue weighted by molar-refractivity contribution is 0.241. The average Bonchev–Trinajstić information content (AvgIpc) is 2.82. The Balaban J connectivity index is 2.15. The quantitative estimate of drug-likeness (QED) is 0.610. The van der Waals surface area contributed by atoms with E-state index in [1.54, 1.807) is 11.3 Å². The second kappa shape index (κ2) is 7.02. The van der Waals surface area contributed by atoms with Gasteiger partial charge in [0.05, 0.1) is 9.62 Å². The Hall–Kier alpha value is -1.17. The van der Waals surface area contributed by atoms with Gasteiger partial charge in [-0.05, 0) is 45.6 Å². The first-order chi connectivity index (χ1) is 9.56. The minimum atomic E-state index is 0.132. The fourth-order valence-corrected chi connectivity index (χ4v) is 3.44. The molecule has 0 aliphatic carbocycles. The van der Waals surface area contributed by atoms with Crippen LogP contribution in [0.1, 0.15) is 23.6 Å². The van der Waals surface area contributed by atoms with Crippen LogP contribution in [0.3, 0.4) is 0 Å². The molecule has 1 unspecified atom stereocenters. The highest BCUT2D eigenvalue weighted by Crippen LogP contribution is 2.27. The summed E-state index contributed by atoms with van der Waals surface area (Å²) in [6, 6.07) is 12.5. The summed E-state index contributed by atoms with van der Waals surface area (Å²) in [5.41, 5.74) is 8.08. The van der Waals surface area contributed by atoms with Crippen LogP contribution in [-0.2, 0) is 6.54 Å². The Morgan fingerprint density at radius 3 is 2.65 bits per heavy atom. The summed E-state index contributed by atoms with van der Waals surface area (Å²) in [5, 5.41) is 9.75. The van der Waals surface area contributed by atoms with Gasteiger partial charge in [0.1, 0.15) is 0 Å². The standard InChI is InChI=1S/C15H18BrN3S/c1-19(9-11-7-14(16)20-10-11)13(8-15(17)18)12-5-3-2-4-6-12/h2-7,10,13H,8-9H2,1H3,(H3,17,18). The Morgan fingerprint density at radius 1 is 1.40 bits per heavy atom. The largest absolute Gasteiger partial charge is 0.388 e. The number of thiophene rings is 1. The molecular weight excluding hydrogens is 334 g/mol. The molecule has 2 aromatic rings. The maximum absolute atomic E-state index is 7.60. The van der Waals surface area contributed by atoms with Crippen molar-refractivity contribution in [2.24, 2.45) is 5.73 Å². The maximum atomic E-state index is 7.60. The third-order valence-corrected chi connectivity index (χ3v) is 4.74. The number of benzene rings is 1. The highest BCUT2D eigenvalue weighted by Gasteiger charge is 2.18. The van der Waals surface area contributed by atoms with Gasteiger partial charge >= 0.3 is 0 Å². The number of nitrogens with two attached hydrogens (primary N) is 1. The highest BCUT2D eigenvalue weighted by atomic mass is 79.9. The van der Waals surface area contributed by atoms with Gasteiger partial charge in [0.2, 0.25) is 0 Å². The Bertz CT molecular complexity index is 568. The number of hydrogen-bond donors (Lipinski definition) is 2. The zero-order valence-corrected chi connectivity index (χ0v) is 13.7. The van der Waals surface area contributed by atoms with Crippen molar-refractivity contribution in [1.82, 2.24) is 4.90 Å². The molecule has 0 saturated heterocycles. The minimum Gasteiger partial charge on any atom is -0.388 e. The van der Waals surface area contributed by atoms with Crippen molar-refractivity contribution < 1.29 is 0 Å². The molecule has 0 spiro atoms. The van der Waals surface area contributed by atoms with E-state index in [1.165, 1.54) is 11.1 Å². The second-order valence-electron chi connectivity index (χ2n) is 4.83. The molecular formula is C15H18BrN3S.